The molecule has 2 rings (SSSR count). The van der Waals surface area contributed by atoms with Crippen molar-refractivity contribution >= 4 is 29.9 Å². The first-order valence-electron chi connectivity index (χ1n) is 7.64. The molecule has 0 spiro atoms. The molecule has 2 N–H and O–H groups in total. The van der Waals surface area contributed by atoms with Crippen molar-refractivity contribution < 1.29 is 13.5 Å². The van der Waals surface area contributed by atoms with Crippen LogP contribution in [0.3, 0.4) is 0 Å². The van der Waals surface area contributed by atoms with Gasteiger partial charge < -0.3 is 15.4 Å². The molecule has 0 fully saturated rings. The molecule has 0 aromatic heterocycles. The molecule has 0 atom stereocenters. The number of nitrogens with one attached hydrogen (secondary N) is 2. The van der Waals surface area contributed by atoms with Gasteiger partial charge in [-0.25, -0.2) is 8.78 Å². The van der Waals surface area contributed by atoms with Crippen LogP contribution in [0.2, 0.25) is 0 Å². The van der Waals surface area contributed by atoms with E-state index in [0.29, 0.717) is 31.0 Å². The quantitative estimate of drug-likeness (QED) is 0.394. The average molecular weight is 461 g/mol. The number of hydrogen-bond donors (Lipinski definition) is 2. The molecule has 0 bridgehead atoms. The number of aliphatic imine (C=N–C) groups is 1. The van der Waals surface area contributed by atoms with Gasteiger partial charge in [-0.2, -0.15) is 0 Å². The standard InChI is InChI=1S/C18H21F2N3O.HI/c1-21-18(22-10-9-14-5-3-4-6-15(14)19)23-12-13-7-8-17(24-2)16(20)11-13;/h3-8,11H,9-10,12H2,1-2H3,(H2,21,22,23);1H. The number of ether oxygens (including phenoxy) is 1. The summed E-state index contributed by atoms with van der Waals surface area (Å²) in [5.74, 6) is 0.170. The van der Waals surface area contributed by atoms with E-state index in [9.17, 15) is 8.78 Å². The van der Waals surface area contributed by atoms with Gasteiger partial charge in [-0.1, -0.05) is 24.3 Å². The minimum atomic E-state index is -0.403. The first-order chi connectivity index (χ1) is 11.6. The fourth-order valence-corrected chi connectivity index (χ4v) is 2.24. The summed E-state index contributed by atoms with van der Waals surface area (Å²) in [6, 6.07) is 11.5. The van der Waals surface area contributed by atoms with E-state index in [-0.39, 0.29) is 35.5 Å². The van der Waals surface area contributed by atoms with Crippen molar-refractivity contribution in [1.29, 1.82) is 0 Å². The lowest BCUT2D eigenvalue weighted by molar-refractivity contribution is 0.386. The summed E-state index contributed by atoms with van der Waals surface area (Å²) in [6.45, 7) is 0.956. The molecular formula is C18H22F2IN3O. The SMILES string of the molecule is CN=C(NCCc1ccccc1F)NCc1ccc(OC)c(F)c1.I. The maximum absolute atomic E-state index is 13.7. The number of guanidine groups is 1. The Bertz CT molecular complexity index is 710. The van der Waals surface area contributed by atoms with E-state index < -0.39 is 5.82 Å². The Kier molecular flexibility index (Phi) is 9.18. The van der Waals surface area contributed by atoms with E-state index in [4.69, 9.17) is 4.74 Å². The zero-order valence-electron chi connectivity index (χ0n) is 14.2. The number of nitrogens with zero attached hydrogens (tertiary/aromatic N) is 1. The molecule has 0 saturated heterocycles. The number of halogens is 3. The molecule has 2 aromatic rings. The third-order valence-electron chi connectivity index (χ3n) is 3.54. The van der Waals surface area contributed by atoms with E-state index in [1.165, 1.54) is 19.2 Å². The summed E-state index contributed by atoms with van der Waals surface area (Å²) in [5, 5.41) is 6.20. The van der Waals surface area contributed by atoms with Crippen LogP contribution in [-0.4, -0.2) is 26.7 Å². The zero-order valence-corrected chi connectivity index (χ0v) is 16.5. The van der Waals surface area contributed by atoms with Crippen molar-refractivity contribution in [3.63, 3.8) is 0 Å². The highest BCUT2D eigenvalue weighted by Gasteiger charge is 2.05. The molecule has 0 aliphatic carbocycles. The van der Waals surface area contributed by atoms with Crippen LogP contribution in [0.25, 0.3) is 0 Å². The van der Waals surface area contributed by atoms with Crippen molar-refractivity contribution in [2.75, 3.05) is 20.7 Å². The monoisotopic (exact) mass is 461 g/mol. The number of methoxy groups -OCH3 is 1. The molecule has 7 heteroatoms. The Hall–Kier alpha value is -1.90. The topological polar surface area (TPSA) is 45.7 Å². The van der Waals surface area contributed by atoms with Crippen molar-refractivity contribution in [3.8, 4) is 5.75 Å². The van der Waals surface area contributed by atoms with Crippen molar-refractivity contribution in [3.05, 3.63) is 65.2 Å². The molecule has 0 unspecified atom stereocenters. The fourth-order valence-electron chi connectivity index (χ4n) is 2.24. The minimum Gasteiger partial charge on any atom is -0.494 e. The first kappa shape index (κ1) is 21.1. The second-order valence-corrected chi connectivity index (χ2v) is 5.16. The lowest BCUT2D eigenvalue weighted by atomic mass is 10.1. The second-order valence-electron chi connectivity index (χ2n) is 5.16. The highest BCUT2D eigenvalue weighted by Crippen LogP contribution is 2.17. The van der Waals surface area contributed by atoms with Crippen molar-refractivity contribution in [1.82, 2.24) is 10.6 Å². The molecule has 0 saturated carbocycles. The third-order valence-corrected chi connectivity index (χ3v) is 3.54. The first-order valence-corrected chi connectivity index (χ1v) is 7.64. The summed E-state index contributed by atoms with van der Waals surface area (Å²) in [7, 11) is 3.07. The maximum Gasteiger partial charge on any atom is 0.191 e. The number of benzene rings is 2. The molecule has 0 amide bonds. The molecular weight excluding hydrogens is 439 g/mol. The summed E-state index contributed by atoms with van der Waals surface area (Å²) in [4.78, 5) is 4.10. The Morgan fingerprint density at radius 2 is 1.84 bits per heavy atom. The summed E-state index contributed by atoms with van der Waals surface area (Å²) >= 11 is 0. The Labute approximate surface area is 163 Å². The molecule has 25 heavy (non-hydrogen) atoms. The summed E-state index contributed by atoms with van der Waals surface area (Å²) in [6.07, 6.45) is 0.546. The van der Waals surface area contributed by atoms with E-state index in [1.807, 2.05) is 6.07 Å². The van der Waals surface area contributed by atoms with Crippen LogP contribution in [0.15, 0.2) is 47.5 Å². The smallest absolute Gasteiger partial charge is 0.191 e. The van der Waals surface area contributed by atoms with E-state index in [0.717, 1.165) is 5.56 Å². The van der Waals surface area contributed by atoms with Crippen LogP contribution in [0.1, 0.15) is 11.1 Å². The van der Waals surface area contributed by atoms with Crippen LogP contribution >= 0.6 is 24.0 Å². The molecule has 4 nitrogen and oxygen atoms in total. The predicted molar refractivity (Wildman–Crippen MR) is 107 cm³/mol. The molecule has 2 aromatic carbocycles. The van der Waals surface area contributed by atoms with Gasteiger partial charge in [0.05, 0.1) is 7.11 Å². The van der Waals surface area contributed by atoms with Crippen LogP contribution in [-0.2, 0) is 13.0 Å². The third kappa shape index (κ3) is 6.49. The molecule has 0 aliphatic rings. The van der Waals surface area contributed by atoms with Crippen molar-refractivity contribution in [2.24, 2.45) is 4.99 Å². The van der Waals surface area contributed by atoms with Crippen LogP contribution < -0.4 is 15.4 Å². The van der Waals surface area contributed by atoms with Gasteiger partial charge in [0.25, 0.3) is 0 Å². The lowest BCUT2D eigenvalue weighted by Gasteiger charge is -2.12. The van der Waals surface area contributed by atoms with E-state index >= 15 is 0 Å². The van der Waals surface area contributed by atoms with Gasteiger partial charge in [-0.05, 0) is 35.7 Å². The van der Waals surface area contributed by atoms with Gasteiger partial charge in [-0.15, -0.1) is 24.0 Å². The van der Waals surface area contributed by atoms with Gasteiger partial charge in [0.2, 0.25) is 0 Å². The highest BCUT2D eigenvalue weighted by atomic mass is 127. The lowest BCUT2D eigenvalue weighted by Crippen LogP contribution is -2.37. The molecule has 0 radical (unpaired) electrons. The molecule has 0 heterocycles. The molecule has 136 valence electrons. The summed E-state index contributed by atoms with van der Waals surface area (Å²) in [5.41, 5.74) is 1.42. The Balaban J connectivity index is 0.00000312. The normalized spacial score (nSPS) is 10.8. The number of hydrogen-bond acceptors (Lipinski definition) is 2. The highest BCUT2D eigenvalue weighted by molar-refractivity contribution is 14.0. The van der Waals surface area contributed by atoms with Gasteiger partial charge in [0.1, 0.15) is 5.82 Å². The average Bonchev–Trinajstić information content (AvgIpc) is 2.59. The minimum absolute atomic E-state index is 0. The van der Waals surface area contributed by atoms with Crippen molar-refractivity contribution in [2.45, 2.75) is 13.0 Å². The molecule has 0 aliphatic heterocycles. The summed E-state index contributed by atoms with van der Waals surface area (Å²) < 4.78 is 32.1. The Morgan fingerprint density at radius 1 is 1.08 bits per heavy atom. The van der Waals surface area contributed by atoms with Gasteiger partial charge >= 0.3 is 0 Å². The zero-order chi connectivity index (χ0) is 17.4. The maximum atomic E-state index is 13.7. The second kappa shape index (κ2) is 10.9. The number of rotatable bonds is 6. The van der Waals surface area contributed by atoms with Crippen LogP contribution in [0.5, 0.6) is 5.75 Å². The van der Waals surface area contributed by atoms with Crippen LogP contribution in [0, 0.1) is 11.6 Å². The van der Waals surface area contributed by atoms with Gasteiger partial charge in [0, 0.05) is 20.1 Å². The largest absolute Gasteiger partial charge is 0.494 e. The fraction of sp³-hybridized carbons (Fsp3) is 0.278. The van der Waals surface area contributed by atoms with E-state index in [1.54, 1.807) is 31.3 Å². The predicted octanol–water partition coefficient (Wildman–Crippen LogP) is 3.50. The van der Waals surface area contributed by atoms with Gasteiger partial charge in [-0.3, -0.25) is 4.99 Å². The van der Waals surface area contributed by atoms with Gasteiger partial charge in [0.15, 0.2) is 17.5 Å². The Morgan fingerprint density at radius 3 is 2.48 bits per heavy atom. The van der Waals surface area contributed by atoms with Crippen LogP contribution in [0.4, 0.5) is 8.78 Å². The van der Waals surface area contributed by atoms with E-state index in [2.05, 4.69) is 15.6 Å².